The fraction of sp³-hybridized carbons (Fsp3) is 0.421. The SMILES string of the molecule is Cc1c(C#N)c(NC(=O)CSc2cccc[n+]2[O-])n(C2CCCC2)c1C. The van der Waals surface area contributed by atoms with Gasteiger partial charge in [-0.3, -0.25) is 4.79 Å². The standard InChI is InChI=1S/C19H22N4O2S/c1-13-14(2)23(15-7-3-4-8-15)19(16(13)11-20)21-17(24)12-26-18-9-5-6-10-22(18)25/h5-6,9-10,15H,3-4,7-8,12H2,1-2H3,(H,21,24). The molecule has 1 fully saturated rings. The molecule has 1 saturated carbocycles. The molecule has 0 aliphatic heterocycles. The average molecular weight is 370 g/mol. The molecule has 2 aromatic rings. The molecule has 0 unspecified atom stereocenters. The van der Waals surface area contributed by atoms with Gasteiger partial charge in [-0.25, -0.2) is 0 Å². The van der Waals surface area contributed by atoms with Crippen LogP contribution in [0.2, 0.25) is 0 Å². The summed E-state index contributed by atoms with van der Waals surface area (Å²) < 4.78 is 2.87. The lowest BCUT2D eigenvalue weighted by atomic mass is 10.2. The Balaban J connectivity index is 1.80. The fourth-order valence-electron chi connectivity index (χ4n) is 3.54. The van der Waals surface area contributed by atoms with E-state index < -0.39 is 0 Å². The Labute approximate surface area is 157 Å². The number of hydrogen-bond donors (Lipinski definition) is 1. The number of aromatic nitrogens is 2. The number of hydrogen-bond acceptors (Lipinski definition) is 4. The van der Waals surface area contributed by atoms with Crippen molar-refractivity contribution < 1.29 is 9.52 Å². The monoisotopic (exact) mass is 370 g/mol. The average Bonchev–Trinajstić information content (AvgIpc) is 3.22. The lowest BCUT2D eigenvalue weighted by Gasteiger charge is -2.19. The lowest BCUT2D eigenvalue weighted by molar-refractivity contribution is -0.645. The van der Waals surface area contributed by atoms with E-state index in [-0.39, 0.29) is 11.7 Å². The van der Waals surface area contributed by atoms with Crippen molar-refractivity contribution in [2.24, 2.45) is 0 Å². The molecule has 136 valence electrons. The zero-order valence-corrected chi connectivity index (χ0v) is 15.8. The van der Waals surface area contributed by atoms with Gasteiger partial charge in [-0.2, -0.15) is 9.99 Å². The molecule has 26 heavy (non-hydrogen) atoms. The number of nitrogens with one attached hydrogen (secondary N) is 1. The highest BCUT2D eigenvalue weighted by molar-refractivity contribution is 7.99. The Hall–Kier alpha value is -2.46. The van der Waals surface area contributed by atoms with E-state index in [0.29, 0.717) is 22.4 Å². The summed E-state index contributed by atoms with van der Waals surface area (Å²) in [6.45, 7) is 3.93. The van der Waals surface area contributed by atoms with Crippen LogP contribution in [0.3, 0.4) is 0 Å². The molecule has 0 bridgehead atoms. The number of nitrogens with zero attached hydrogens (tertiary/aromatic N) is 3. The van der Waals surface area contributed by atoms with Gasteiger partial charge in [0.1, 0.15) is 11.9 Å². The van der Waals surface area contributed by atoms with E-state index >= 15 is 0 Å². The van der Waals surface area contributed by atoms with Gasteiger partial charge >= 0.3 is 0 Å². The molecule has 1 aliphatic carbocycles. The topological polar surface area (TPSA) is 84.8 Å². The Kier molecular flexibility index (Phi) is 5.52. The second-order valence-corrected chi connectivity index (χ2v) is 7.55. The van der Waals surface area contributed by atoms with Crippen molar-refractivity contribution in [3.63, 3.8) is 0 Å². The summed E-state index contributed by atoms with van der Waals surface area (Å²) in [5, 5.41) is 24.7. The predicted molar refractivity (Wildman–Crippen MR) is 101 cm³/mol. The smallest absolute Gasteiger partial charge is 0.251 e. The molecule has 0 radical (unpaired) electrons. The van der Waals surface area contributed by atoms with Crippen molar-refractivity contribution in [3.8, 4) is 6.07 Å². The van der Waals surface area contributed by atoms with Crippen LogP contribution in [-0.4, -0.2) is 16.2 Å². The van der Waals surface area contributed by atoms with Crippen molar-refractivity contribution in [1.29, 1.82) is 5.26 Å². The summed E-state index contributed by atoms with van der Waals surface area (Å²) in [4.78, 5) is 12.5. The summed E-state index contributed by atoms with van der Waals surface area (Å²) in [6, 6.07) is 7.67. The van der Waals surface area contributed by atoms with E-state index in [9.17, 15) is 15.3 Å². The molecule has 0 aromatic carbocycles. The third-order valence-corrected chi connectivity index (χ3v) is 5.97. The Morgan fingerprint density at radius 2 is 2.15 bits per heavy atom. The van der Waals surface area contributed by atoms with Gasteiger partial charge in [0, 0.05) is 23.9 Å². The van der Waals surface area contributed by atoms with Crippen molar-refractivity contribution in [2.75, 3.05) is 11.1 Å². The van der Waals surface area contributed by atoms with Gasteiger partial charge < -0.3 is 15.1 Å². The van der Waals surface area contributed by atoms with E-state index in [1.165, 1.54) is 30.8 Å². The maximum Gasteiger partial charge on any atom is 0.251 e. The van der Waals surface area contributed by atoms with Gasteiger partial charge in [0.2, 0.25) is 5.91 Å². The van der Waals surface area contributed by atoms with Crippen LogP contribution in [0.4, 0.5) is 5.82 Å². The molecule has 7 heteroatoms. The number of anilines is 1. The Morgan fingerprint density at radius 1 is 1.42 bits per heavy atom. The first-order valence-electron chi connectivity index (χ1n) is 8.75. The molecule has 3 rings (SSSR count). The maximum absolute atomic E-state index is 12.5. The largest absolute Gasteiger partial charge is 0.618 e. The lowest BCUT2D eigenvalue weighted by Crippen LogP contribution is -2.28. The van der Waals surface area contributed by atoms with Gasteiger partial charge in [0.15, 0.2) is 6.20 Å². The minimum Gasteiger partial charge on any atom is -0.618 e. The van der Waals surface area contributed by atoms with E-state index in [1.54, 1.807) is 18.2 Å². The van der Waals surface area contributed by atoms with E-state index in [1.807, 2.05) is 13.8 Å². The first kappa shape index (κ1) is 18.3. The van der Waals surface area contributed by atoms with Crippen LogP contribution in [0.1, 0.15) is 48.5 Å². The van der Waals surface area contributed by atoms with Crippen LogP contribution in [0.5, 0.6) is 0 Å². The molecule has 2 heterocycles. The second-order valence-electron chi connectivity index (χ2n) is 6.56. The number of carbonyl (C=O) groups is 1. The summed E-state index contributed by atoms with van der Waals surface area (Å²) in [5.74, 6) is 0.501. The van der Waals surface area contributed by atoms with Crippen LogP contribution in [0.15, 0.2) is 29.4 Å². The second kappa shape index (κ2) is 7.83. The zero-order chi connectivity index (χ0) is 18.7. The summed E-state index contributed by atoms with van der Waals surface area (Å²) >= 11 is 1.18. The van der Waals surface area contributed by atoms with E-state index in [0.717, 1.165) is 28.8 Å². The molecule has 2 aromatic heterocycles. The maximum atomic E-state index is 12.5. The highest BCUT2D eigenvalue weighted by atomic mass is 32.2. The van der Waals surface area contributed by atoms with E-state index in [4.69, 9.17) is 0 Å². The third kappa shape index (κ3) is 3.56. The van der Waals surface area contributed by atoms with Crippen LogP contribution in [0.25, 0.3) is 0 Å². The molecular formula is C19H22N4O2S. The molecule has 1 aliphatic rings. The molecule has 0 spiro atoms. The number of nitriles is 1. The predicted octanol–water partition coefficient (Wildman–Crippen LogP) is 3.46. The van der Waals surface area contributed by atoms with Crippen molar-refractivity contribution in [1.82, 2.24) is 4.57 Å². The van der Waals surface area contributed by atoms with Gasteiger partial charge in [0.05, 0.1) is 11.3 Å². The molecule has 1 amide bonds. The van der Waals surface area contributed by atoms with Crippen molar-refractivity contribution in [2.45, 2.75) is 50.6 Å². The van der Waals surface area contributed by atoms with Gasteiger partial charge in [-0.15, -0.1) is 0 Å². The molecular weight excluding hydrogens is 348 g/mol. The Bertz CT molecular complexity index is 863. The van der Waals surface area contributed by atoms with Crippen molar-refractivity contribution in [3.05, 3.63) is 46.4 Å². The van der Waals surface area contributed by atoms with Gasteiger partial charge in [-0.1, -0.05) is 12.8 Å². The minimum atomic E-state index is -0.216. The summed E-state index contributed by atoms with van der Waals surface area (Å²) in [5.41, 5.74) is 2.49. The van der Waals surface area contributed by atoms with Gasteiger partial charge in [-0.05, 0) is 50.1 Å². The highest BCUT2D eigenvalue weighted by Gasteiger charge is 2.26. The van der Waals surface area contributed by atoms with Crippen LogP contribution in [-0.2, 0) is 4.79 Å². The highest BCUT2D eigenvalue weighted by Crippen LogP contribution is 2.37. The molecule has 0 atom stereocenters. The first-order chi connectivity index (χ1) is 12.5. The first-order valence-corrected chi connectivity index (χ1v) is 9.73. The Morgan fingerprint density at radius 3 is 2.81 bits per heavy atom. The number of rotatable bonds is 5. The van der Waals surface area contributed by atoms with Gasteiger partial charge in [0.25, 0.3) is 5.03 Å². The number of thioether (sulfide) groups is 1. The number of pyridine rings is 1. The fourth-order valence-corrected chi connectivity index (χ4v) is 4.25. The molecule has 6 nitrogen and oxygen atoms in total. The normalized spacial score (nSPS) is 14.3. The van der Waals surface area contributed by atoms with Crippen LogP contribution < -0.4 is 10.0 Å². The number of amides is 1. The summed E-state index contributed by atoms with van der Waals surface area (Å²) in [7, 11) is 0. The number of carbonyl (C=O) groups excluding carboxylic acids is 1. The third-order valence-electron chi connectivity index (χ3n) is 4.96. The molecule has 1 N–H and O–H groups in total. The summed E-state index contributed by atoms with van der Waals surface area (Å²) in [6.07, 6.45) is 5.88. The van der Waals surface area contributed by atoms with E-state index in [2.05, 4.69) is 16.0 Å². The quantitative estimate of drug-likeness (QED) is 0.496. The zero-order valence-electron chi connectivity index (χ0n) is 15.0. The molecule has 0 saturated heterocycles. The van der Waals surface area contributed by atoms with Crippen LogP contribution >= 0.6 is 11.8 Å². The van der Waals surface area contributed by atoms with Crippen LogP contribution in [0, 0.1) is 30.4 Å². The van der Waals surface area contributed by atoms with Crippen molar-refractivity contribution >= 4 is 23.5 Å². The minimum absolute atomic E-state index is 0.116.